The highest BCUT2D eigenvalue weighted by Gasteiger charge is 2.15. The fourth-order valence-corrected chi connectivity index (χ4v) is 3.12. The zero-order chi connectivity index (χ0) is 20.0. The van der Waals surface area contributed by atoms with Gasteiger partial charge in [0.25, 0.3) is 0 Å². The van der Waals surface area contributed by atoms with Crippen LogP contribution < -0.4 is 13.6 Å². The number of phenolic OH excluding ortho intramolecular Hbond substituents is 1. The Bertz CT molecular complexity index is 856. The number of rotatable bonds is 9. The third-order valence-electron chi connectivity index (χ3n) is 3.66. The van der Waals surface area contributed by atoms with Crippen LogP contribution in [0.4, 0.5) is 5.69 Å². The van der Waals surface area contributed by atoms with Crippen LogP contribution in [0.5, 0.6) is 17.2 Å². The number of aryl methyl sites for hydroxylation is 1. The second-order valence-electron chi connectivity index (χ2n) is 5.98. The molecular formula is C19H22ClNO5S. The number of Topliss-reactive ketones (excluding diaryl/α,β-unsaturated/α-hetero) is 1. The lowest BCUT2D eigenvalue weighted by Crippen LogP contribution is -2.12. The van der Waals surface area contributed by atoms with E-state index in [1.807, 2.05) is 13.0 Å². The van der Waals surface area contributed by atoms with Crippen molar-refractivity contribution in [2.75, 3.05) is 11.3 Å². The van der Waals surface area contributed by atoms with E-state index in [9.17, 15) is 14.1 Å². The molecule has 0 fully saturated rings. The summed E-state index contributed by atoms with van der Waals surface area (Å²) in [5.41, 5.74) is 1.24. The molecule has 8 heteroatoms. The molecule has 0 aliphatic carbocycles. The molecule has 146 valence electrons. The molecule has 0 heterocycles. The topological polar surface area (TPSA) is 84.9 Å². The summed E-state index contributed by atoms with van der Waals surface area (Å²) in [4.78, 5) is 11.6. The minimum Gasteiger partial charge on any atom is -0.506 e. The summed E-state index contributed by atoms with van der Waals surface area (Å²) < 4.78 is 26.2. The number of hydrogen-bond acceptors (Lipinski definition) is 5. The lowest BCUT2D eigenvalue weighted by Gasteiger charge is -2.14. The fourth-order valence-electron chi connectivity index (χ4n) is 2.25. The van der Waals surface area contributed by atoms with E-state index in [4.69, 9.17) is 20.5 Å². The van der Waals surface area contributed by atoms with Gasteiger partial charge in [0.15, 0.2) is 17.3 Å². The predicted octanol–water partition coefficient (Wildman–Crippen LogP) is 4.81. The quantitative estimate of drug-likeness (QED) is 0.351. The van der Waals surface area contributed by atoms with Gasteiger partial charge in [-0.3, -0.25) is 9.52 Å². The zero-order valence-corrected chi connectivity index (χ0v) is 16.9. The molecule has 1 unspecified atom stereocenters. The molecule has 0 bridgehead atoms. The van der Waals surface area contributed by atoms with Gasteiger partial charge in [0.1, 0.15) is 5.75 Å². The Kier molecular flexibility index (Phi) is 7.50. The number of halogens is 1. The van der Waals surface area contributed by atoms with Crippen molar-refractivity contribution in [3.05, 3.63) is 46.5 Å². The summed E-state index contributed by atoms with van der Waals surface area (Å²) in [6.45, 7) is 5.78. The molecule has 1 atom stereocenters. The molecule has 0 saturated heterocycles. The molecule has 0 radical (unpaired) electrons. The Balaban J connectivity index is 2.16. The molecule has 0 amide bonds. The van der Waals surface area contributed by atoms with Crippen LogP contribution in [0, 0.1) is 6.92 Å². The summed E-state index contributed by atoms with van der Waals surface area (Å²) in [6.07, 6.45) is 1.89. The average molecular weight is 412 g/mol. The number of nitrogens with one attached hydrogen (secondary N) is 1. The van der Waals surface area contributed by atoms with Gasteiger partial charge in [-0.15, -0.1) is 0 Å². The van der Waals surface area contributed by atoms with Crippen molar-refractivity contribution in [2.45, 2.75) is 33.6 Å². The van der Waals surface area contributed by atoms with Gasteiger partial charge in [0.05, 0.1) is 22.9 Å². The largest absolute Gasteiger partial charge is 0.506 e. The summed E-state index contributed by atoms with van der Waals surface area (Å²) in [6, 6.07) is 8.09. The number of unbranched alkanes of at least 4 members (excludes halogenated alkanes) is 1. The standard InChI is InChI=1S/C19H22ClNO5S/c1-4-5-8-25-17-7-6-12(2)9-18(17)26-27(24)21-14-10-15(13(3)22)19(23)16(20)11-14/h6-7,9-11,21,23H,4-5,8H2,1-3H3. The second-order valence-corrected chi connectivity index (χ2v) is 7.23. The van der Waals surface area contributed by atoms with Crippen LogP contribution in [0.1, 0.15) is 42.6 Å². The smallest absolute Gasteiger partial charge is 0.316 e. The number of benzene rings is 2. The normalized spacial score (nSPS) is 11.7. The van der Waals surface area contributed by atoms with Crippen molar-refractivity contribution in [1.29, 1.82) is 0 Å². The lowest BCUT2D eigenvalue weighted by molar-refractivity contribution is 0.101. The van der Waals surface area contributed by atoms with Crippen LogP contribution in [0.25, 0.3) is 0 Å². The molecule has 0 spiro atoms. The summed E-state index contributed by atoms with van der Waals surface area (Å²) >= 11 is 3.96. The first kappa shape index (κ1) is 21.1. The van der Waals surface area contributed by atoms with Crippen molar-refractivity contribution in [3.8, 4) is 17.2 Å². The molecule has 6 nitrogen and oxygen atoms in total. The average Bonchev–Trinajstić information content (AvgIpc) is 2.59. The molecule has 2 aromatic carbocycles. The molecule has 2 N–H and O–H groups in total. The van der Waals surface area contributed by atoms with Gasteiger partial charge in [-0.2, -0.15) is 4.21 Å². The molecule has 0 aromatic heterocycles. The van der Waals surface area contributed by atoms with E-state index < -0.39 is 11.3 Å². The maximum Gasteiger partial charge on any atom is 0.316 e. The molecule has 27 heavy (non-hydrogen) atoms. The van der Waals surface area contributed by atoms with Crippen molar-refractivity contribution < 1.29 is 23.0 Å². The third-order valence-corrected chi connectivity index (χ3v) is 4.69. The Morgan fingerprint density at radius 1 is 1.26 bits per heavy atom. The van der Waals surface area contributed by atoms with Gasteiger partial charge in [-0.05, 0) is 50.1 Å². The number of carbonyl (C=O) groups excluding carboxylic acids is 1. The third kappa shape index (κ3) is 5.87. The highest BCUT2D eigenvalue weighted by atomic mass is 35.5. The Hall–Kier alpha value is -2.25. The molecule has 2 aromatic rings. The van der Waals surface area contributed by atoms with E-state index in [1.54, 1.807) is 12.1 Å². The Morgan fingerprint density at radius 2 is 2.00 bits per heavy atom. The van der Waals surface area contributed by atoms with E-state index in [-0.39, 0.29) is 27.8 Å². The van der Waals surface area contributed by atoms with Gasteiger partial charge >= 0.3 is 11.3 Å². The van der Waals surface area contributed by atoms with Crippen LogP contribution in [-0.2, 0) is 11.3 Å². The number of ketones is 1. The van der Waals surface area contributed by atoms with E-state index in [1.165, 1.54) is 19.1 Å². The Morgan fingerprint density at radius 3 is 2.67 bits per heavy atom. The van der Waals surface area contributed by atoms with Crippen LogP contribution >= 0.6 is 11.6 Å². The number of hydrogen-bond donors (Lipinski definition) is 2. The predicted molar refractivity (Wildman–Crippen MR) is 107 cm³/mol. The first-order valence-electron chi connectivity index (χ1n) is 8.45. The molecular weight excluding hydrogens is 390 g/mol. The molecule has 0 aliphatic heterocycles. The van der Waals surface area contributed by atoms with Gasteiger partial charge in [-0.25, -0.2) is 0 Å². The number of carbonyl (C=O) groups is 1. The molecule has 2 rings (SSSR count). The highest BCUT2D eigenvalue weighted by Crippen LogP contribution is 2.33. The van der Waals surface area contributed by atoms with Gasteiger partial charge in [0, 0.05) is 0 Å². The Labute approximate surface area is 166 Å². The number of phenols is 1. The first-order valence-corrected chi connectivity index (χ1v) is 9.90. The van der Waals surface area contributed by atoms with Crippen molar-refractivity contribution in [1.82, 2.24) is 0 Å². The van der Waals surface area contributed by atoms with Crippen LogP contribution in [-0.4, -0.2) is 21.7 Å². The second kappa shape index (κ2) is 9.62. The van der Waals surface area contributed by atoms with Gasteiger partial charge in [-0.1, -0.05) is 31.0 Å². The monoisotopic (exact) mass is 411 g/mol. The van der Waals surface area contributed by atoms with Gasteiger partial charge in [0.2, 0.25) is 0 Å². The van der Waals surface area contributed by atoms with E-state index in [0.29, 0.717) is 18.1 Å². The minimum atomic E-state index is -1.97. The van der Waals surface area contributed by atoms with Crippen LogP contribution in [0.3, 0.4) is 0 Å². The van der Waals surface area contributed by atoms with Crippen molar-refractivity contribution in [3.63, 3.8) is 0 Å². The maximum absolute atomic E-state index is 12.4. The molecule has 0 aliphatic rings. The number of anilines is 1. The van der Waals surface area contributed by atoms with E-state index in [2.05, 4.69) is 11.6 Å². The number of ether oxygens (including phenoxy) is 1. The number of aromatic hydroxyl groups is 1. The van der Waals surface area contributed by atoms with E-state index in [0.717, 1.165) is 18.4 Å². The van der Waals surface area contributed by atoms with E-state index >= 15 is 0 Å². The minimum absolute atomic E-state index is 0.0265. The SMILES string of the molecule is CCCCOc1ccc(C)cc1OS(=O)Nc1cc(Cl)c(O)c(C(C)=O)c1. The van der Waals surface area contributed by atoms with Gasteiger partial charge < -0.3 is 14.0 Å². The first-order chi connectivity index (χ1) is 12.8. The lowest BCUT2D eigenvalue weighted by atomic mass is 10.1. The van der Waals surface area contributed by atoms with Crippen LogP contribution in [0.2, 0.25) is 5.02 Å². The molecule has 0 saturated carbocycles. The highest BCUT2D eigenvalue weighted by molar-refractivity contribution is 7.82. The van der Waals surface area contributed by atoms with Crippen molar-refractivity contribution in [2.24, 2.45) is 0 Å². The maximum atomic E-state index is 12.4. The summed E-state index contributed by atoms with van der Waals surface area (Å²) in [5.74, 6) is 0.160. The van der Waals surface area contributed by atoms with Crippen LogP contribution in [0.15, 0.2) is 30.3 Å². The fraction of sp³-hybridized carbons (Fsp3) is 0.316. The summed E-state index contributed by atoms with van der Waals surface area (Å²) in [7, 11) is 0. The zero-order valence-electron chi connectivity index (χ0n) is 15.4. The summed E-state index contributed by atoms with van der Waals surface area (Å²) in [5, 5.41) is 9.80. The van der Waals surface area contributed by atoms with Crippen molar-refractivity contribution >= 4 is 34.3 Å².